The van der Waals surface area contributed by atoms with Crippen molar-refractivity contribution < 1.29 is 0 Å². The molecule has 2 rings (SSSR count). The van der Waals surface area contributed by atoms with E-state index in [0.717, 1.165) is 13.1 Å². The molecule has 0 radical (unpaired) electrons. The number of thiazole rings is 1. The first-order chi connectivity index (χ1) is 7.90. The predicted octanol–water partition coefficient (Wildman–Crippen LogP) is 2.63. The highest BCUT2D eigenvalue weighted by atomic mass is 32.1. The Kier molecular flexibility index (Phi) is 4.60. The van der Waals surface area contributed by atoms with Crippen LogP contribution in [0.25, 0.3) is 0 Å². The van der Waals surface area contributed by atoms with Crippen LogP contribution in [0, 0.1) is 0 Å². The van der Waals surface area contributed by atoms with Gasteiger partial charge >= 0.3 is 0 Å². The topological polar surface area (TPSA) is 28.2 Å². The number of anilines is 1. The molecule has 1 aliphatic rings. The molecule has 0 atom stereocenters. The highest BCUT2D eigenvalue weighted by Crippen LogP contribution is 2.25. The van der Waals surface area contributed by atoms with Crippen LogP contribution in [-0.4, -0.2) is 24.6 Å². The van der Waals surface area contributed by atoms with E-state index in [9.17, 15) is 0 Å². The van der Waals surface area contributed by atoms with E-state index < -0.39 is 0 Å². The molecule has 1 N–H and O–H groups in total. The fourth-order valence-electron chi connectivity index (χ4n) is 1.95. The third-order valence-corrected chi connectivity index (χ3v) is 3.98. The van der Waals surface area contributed by atoms with Crippen LogP contribution in [0.15, 0.2) is 6.20 Å². The fraction of sp³-hybridized carbons (Fsp3) is 0.750. The van der Waals surface area contributed by atoms with Crippen LogP contribution in [0.2, 0.25) is 0 Å². The first kappa shape index (κ1) is 11.9. The lowest BCUT2D eigenvalue weighted by Gasteiger charge is -2.12. The second kappa shape index (κ2) is 6.21. The number of hydrogen-bond acceptors (Lipinski definition) is 4. The van der Waals surface area contributed by atoms with Crippen molar-refractivity contribution in [2.24, 2.45) is 0 Å². The molecule has 90 valence electrons. The van der Waals surface area contributed by atoms with E-state index in [0.29, 0.717) is 0 Å². The summed E-state index contributed by atoms with van der Waals surface area (Å²) < 4.78 is 0. The van der Waals surface area contributed by atoms with Gasteiger partial charge in [0, 0.05) is 30.7 Å². The summed E-state index contributed by atoms with van der Waals surface area (Å²) in [4.78, 5) is 8.26. The van der Waals surface area contributed by atoms with Gasteiger partial charge in [-0.05, 0) is 25.8 Å². The molecule has 1 aliphatic heterocycles. The number of nitrogens with one attached hydrogen (secondary N) is 1. The van der Waals surface area contributed by atoms with Crippen LogP contribution in [0.4, 0.5) is 5.13 Å². The molecule has 0 aliphatic carbocycles. The Bertz CT molecular complexity index is 305. The monoisotopic (exact) mass is 239 g/mol. The first-order valence-corrected chi connectivity index (χ1v) is 7.12. The SMILES string of the molecule is CCCCNCc1cnc(N2CCCC2)s1. The highest BCUT2D eigenvalue weighted by Gasteiger charge is 2.15. The average molecular weight is 239 g/mol. The minimum atomic E-state index is 0.978. The Morgan fingerprint density at radius 2 is 2.25 bits per heavy atom. The molecule has 0 bridgehead atoms. The maximum atomic E-state index is 4.50. The van der Waals surface area contributed by atoms with Gasteiger partial charge in [-0.25, -0.2) is 4.98 Å². The zero-order chi connectivity index (χ0) is 11.2. The van der Waals surface area contributed by atoms with E-state index in [2.05, 4.69) is 22.1 Å². The second-order valence-corrected chi connectivity index (χ2v) is 5.43. The fourth-order valence-corrected chi connectivity index (χ4v) is 2.88. The maximum Gasteiger partial charge on any atom is 0.185 e. The van der Waals surface area contributed by atoms with Crippen LogP contribution >= 0.6 is 11.3 Å². The van der Waals surface area contributed by atoms with Gasteiger partial charge in [-0.15, -0.1) is 11.3 Å². The smallest absolute Gasteiger partial charge is 0.185 e. The third-order valence-electron chi connectivity index (χ3n) is 2.92. The molecule has 0 amide bonds. The number of unbranched alkanes of at least 4 members (excludes halogenated alkanes) is 1. The highest BCUT2D eigenvalue weighted by molar-refractivity contribution is 7.15. The molecule has 1 saturated heterocycles. The number of hydrogen-bond donors (Lipinski definition) is 1. The maximum absolute atomic E-state index is 4.50. The van der Waals surface area contributed by atoms with E-state index in [-0.39, 0.29) is 0 Å². The van der Waals surface area contributed by atoms with E-state index >= 15 is 0 Å². The normalized spacial score (nSPS) is 15.9. The predicted molar refractivity (Wildman–Crippen MR) is 70.2 cm³/mol. The quantitative estimate of drug-likeness (QED) is 0.774. The summed E-state index contributed by atoms with van der Waals surface area (Å²) >= 11 is 1.84. The molecule has 16 heavy (non-hydrogen) atoms. The molecule has 0 aromatic carbocycles. The van der Waals surface area contributed by atoms with Gasteiger partial charge in [-0.1, -0.05) is 13.3 Å². The molecule has 2 heterocycles. The van der Waals surface area contributed by atoms with Crippen molar-refractivity contribution in [3.05, 3.63) is 11.1 Å². The molecule has 0 spiro atoms. The zero-order valence-electron chi connectivity index (χ0n) is 10.0. The van der Waals surface area contributed by atoms with Gasteiger partial charge in [0.15, 0.2) is 5.13 Å². The van der Waals surface area contributed by atoms with Crippen LogP contribution in [-0.2, 0) is 6.54 Å². The molecule has 4 heteroatoms. The Balaban J connectivity index is 1.77. The molecule has 1 aromatic rings. The van der Waals surface area contributed by atoms with Crippen LogP contribution in [0.5, 0.6) is 0 Å². The zero-order valence-corrected chi connectivity index (χ0v) is 10.9. The second-order valence-electron chi connectivity index (χ2n) is 4.33. The van der Waals surface area contributed by atoms with Crippen molar-refractivity contribution in [2.45, 2.75) is 39.2 Å². The summed E-state index contributed by atoms with van der Waals surface area (Å²) in [5.41, 5.74) is 0. The number of rotatable bonds is 6. The van der Waals surface area contributed by atoms with Gasteiger partial charge in [-0.2, -0.15) is 0 Å². The Morgan fingerprint density at radius 3 is 3.00 bits per heavy atom. The lowest BCUT2D eigenvalue weighted by molar-refractivity contribution is 0.645. The third kappa shape index (κ3) is 3.19. The molecule has 1 fully saturated rings. The van der Waals surface area contributed by atoms with Gasteiger partial charge < -0.3 is 10.2 Å². The number of nitrogens with zero attached hydrogens (tertiary/aromatic N) is 2. The van der Waals surface area contributed by atoms with E-state index in [4.69, 9.17) is 0 Å². The molecular weight excluding hydrogens is 218 g/mol. The minimum Gasteiger partial charge on any atom is -0.348 e. The van der Waals surface area contributed by atoms with Gasteiger partial charge in [0.1, 0.15) is 0 Å². The van der Waals surface area contributed by atoms with Crippen molar-refractivity contribution in [3.8, 4) is 0 Å². The largest absolute Gasteiger partial charge is 0.348 e. The number of aromatic nitrogens is 1. The van der Waals surface area contributed by atoms with Gasteiger partial charge in [0.2, 0.25) is 0 Å². The minimum absolute atomic E-state index is 0.978. The standard InChI is InChI=1S/C12H21N3S/c1-2-3-6-13-9-11-10-14-12(16-11)15-7-4-5-8-15/h10,13H,2-9H2,1H3. The van der Waals surface area contributed by atoms with Crippen molar-refractivity contribution in [1.82, 2.24) is 10.3 Å². The molecular formula is C12H21N3S. The van der Waals surface area contributed by atoms with Gasteiger partial charge in [-0.3, -0.25) is 0 Å². The average Bonchev–Trinajstić information content (AvgIpc) is 2.94. The Hall–Kier alpha value is -0.610. The van der Waals surface area contributed by atoms with Gasteiger partial charge in [0.05, 0.1) is 0 Å². The van der Waals surface area contributed by atoms with E-state index in [1.165, 1.54) is 48.8 Å². The lowest BCUT2D eigenvalue weighted by Crippen LogP contribution is -2.16. The van der Waals surface area contributed by atoms with E-state index in [1.807, 2.05) is 17.5 Å². The van der Waals surface area contributed by atoms with Crippen molar-refractivity contribution in [1.29, 1.82) is 0 Å². The van der Waals surface area contributed by atoms with E-state index in [1.54, 1.807) is 0 Å². The first-order valence-electron chi connectivity index (χ1n) is 6.30. The Labute approximate surface area is 102 Å². The molecule has 0 unspecified atom stereocenters. The van der Waals surface area contributed by atoms with Gasteiger partial charge in [0.25, 0.3) is 0 Å². The van der Waals surface area contributed by atoms with Crippen molar-refractivity contribution in [3.63, 3.8) is 0 Å². The molecule has 0 saturated carbocycles. The summed E-state index contributed by atoms with van der Waals surface area (Å²) in [7, 11) is 0. The van der Waals surface area contributed by atoms with Crippen molar-refractivity contribution >= 4 is 16.5 Å². The lowest BCUT2D eigenvalue weighted by atomic mass is 10.3. The summed E-state index contributed by atoms with van der Waals surface area (Å²) in [6, 6.07) is 0. The van der Waals surface area contributed by atoms with Crippen LogP contribution in [0.1, 0.15) is 37.5 Å². The summed E-state index contributed by atoms with van der Waals surface area (Å²) in [5.74, 6) is 0. The van der Waals surface area contributed by atoms with Crippen molar-refractivity contribution in [2.75, 3.05) is 24.5 Å². The molecule has 3 nitrogen and oxygen atoms in total. The summed E-state index contributed by atoms with van der Waals surface area (Å²) in [6.45, 7) is 6.70. The van der Waals surface area contributed by atoms with Crippen LogP contribution < -0.4 is 10.2 Å². The summed E-state index contributed by atoms with van der Waals surface area (Å²) in [6.07, 6.45) is 7.19. The Morgan fingerprint density at radius 1 is 1.44 bits per heavy atom. The molecule has 1 aromatic heterocycles. The summed E-state index contributed by atoms with van der Waals surface area (Å²) in [5, 5.41) is 4.67. The van der Waals surface area contributed by atoms with Crippen LogP contribution in [0.3, 0.4) is 0 Å².